The van der Waals surface area contributed by atoms with E-state index in [-0.39, 0.29) is 11.4 Å². The maximum Gasteiger partial charge on any atom is 0.293 e. The highest BCUT2D eigenvalue weighted by atomic mass is 79.9. The van der Waals surface area contributed by atoms with Crippen molar-refractivity contribution in [1.29, 1.82) is 0 Å². The molecule has 29 heavy (non-hydrogen) atoms. The third-order valence-electron chi connectivity index (χ3n) is 4.07. The number of carbonyl (C=O) groups excluding carboxylic acids is 1. The Morgan fingerprint density at radius 1 is 1.24 bits per heavy atom. The summed E-state index contributed by atoms with van der Waals surface area (Å²) in [7, 11) is 0. The Hall–Kier alpha value is -2.71. The van der Waals surface area contributed by atoms with Gasteiger partial charge in [-0.3, -0.25) is 9.48 Å². The van der Waals surface area contributed by atoms with E-state index in [1.165, 1.54) is 6.21 Å². The van der Waals surface area contributed by atoms with Crippen LogP contribution in [0.25, 0.3) is 0 Å². The van der Waals surface area contributed by atoms with Crippen LogP contribution in [0.5, 0.6) is 5.75 Å². The minimum atomic E-state index is -0.454. The van der Waals surface area contributed by atoms with Crippen LogP contribution in [0.2, 0.25) is 0 Å². The lowest BCUT2D eigenvalue weighted by Gasteiger charge is -2.04. The van der Waals surface area contributed by atoms with Crippen molar-refractivity contribution < 1.29 is 9.90 Å². The van der Waals surface area contributed by atoms with E-state index in [0.717, 1.165) is 15.6 Å². The Morgan fingerprint density at radius 3 is 2.72 bits per heavy atom. The highest BCUT2D eigenvalue weighted by Gasteiger charge is 2.15. The smallest absolute Gasteiger partial charge is 0.293 e. The number of allylic oxidation sites excluding steroid dienone is 1. The maximum absolute atomic E-state index is 12.4. The minimum absolute atomic E-state index is 0.116. The van der Waals surface area contributed by atoms with Gasteiger partial charge in [-0.15, -0.1) is 6.58 Å². The molecule has 0 unspecified atom stereocenters. The molecule has 1 aromatic heterocycles. The highest BCUT2D eigenvalue weighted by molar-refractivity contribution is 9.10. The number of para-hydroxylation sites is 1. The van der Waals surface area contributed by atoms with Crippen molar-refractivity contribution in [2.75, 3.05) is 0 Å². The van der Waals surface area contributed by atoms with Gasteiger partial charge in [-0.25, -0.2) is 5.43 Å². The summed E-state index contributed by atoms with van der Waals surface area (Å²) in [5, 5.41) is 18.5. The van der Waals surface area contributed by atoms with Gasteiger partial charge in [0.15, 0.2) is 5.69 Å². The van der Waals surface area contributed by atoms with Crippen molar-refractivity contribution in [2.24, 2.45) is 5.10 Å². The van der Waals surface area contributed by atoms with E-state index >= 15 is 0 Å². The molecule has 0 aliphatic carbocycles. The van der Waals surface area contributed by atoms with E-state index in [1.807, 2.05) is 36.4 Å². The number of phenolic OH excluding ortho intramolecular Hbond substituents is 1. The topological polar surface area (TPSA) is 79.5 Å². The number of amides is 1. The molecule has 3 rings (SSSR count). The van der Waals surface area contributed by atoms with Gasteiger partial charge < -0.3 is 5.11 Å². The second kappa shape index (κ2) is 9.67. The molecule has 0 saturated carbocycles. The van der Waals surface area contributed by atoms with Crippen molar-refractivity contribution in [3.63, 3.8) is 0 Å². The van der Waals surface area contributed by atoms with Crippen LogP contribution in [0, 0.1) is 0 Å². The van der Waals surface area contributed by atoms with Gasteiger partial charge >= 0.3 is 0 Å². The molecule has 148 valence electrons. The fraction of sp³-hybridized carbons (Fsp3) is 0.0952. The average molecular weight is 518 g/mol. The number of nitrogens with zero attached hydrogens (tertiary/aromatic N) is 3. The fourth-order valence-corrected chi connectivity index (χ4v) is 3.42. The van der Waals surface area contributed by atoms with Crippen molar-refractivity contribution in [2.45, 2.75) is 13.0 Å². The molecule has 0 fully saturated rings. The molecular formula is C21H18Br2N4O2. The van der Waals surface area contributed by atoms with Crippen LogP contribution in [0.4, 0.5) is 0 Å². The first-order chi connectivity index (χ1) is 14.0. The predicted molar refractivity (Wildman–Crippen MR) is 120 cm³/mol. The molecule has 0 bridgehead atoms. The SMILES string of the molecule is C=CCc1cccc(/C=N/NC(=O)c2nn(Cc3ccc(Br)cc3)cc2Br)c1O. The van der Waals surface area contributed by atoms with Crippen LogP contribution < -0.4 is 5.43 Å². The lowest BCUT2D eigenvalue weighted by Crippen LogP contribution is -2.19. The van der Waals surface area contributed by atoms with E-state index < -0.39 is 5.91 Å². The van der Waals surface area contributed by atoms with Crippen molar-refractivity contribution in [3.8, 4) is 5.75 Å². The third-order valence-corrected chi connectivity index (χ3v) is 5.18. The Labute approximate surface area is 185 Å². The van der Waals surface area contributed by atoms with Gasteiger partial charge in [-0.2, -0.15) is 10.2 Å². The zero-order valence-corrected chi connectivity index (χ0v) is 18.5. The highest BCUT2D eigenvalue weighted by Crippen LogP contribution is 2.21. The molecular weight excluding hydrogens is 500 g/mol. The molecule has 6 nitrogen and oxygen atoms in total. The maximum atomic E-state index is 12.4. The van der Waals surface area contributed by atoms with Crippen molar-refractivity contribution >= 4 is 44.0 Å². The van der Waals surface area contributed by atoms with Gasteiger partial charge in [0.05, 0.1) is 17.2 Å². The summed E-state index contributed by atoms with van der Waals surface area (Å²) in [4.78, 5) is 12.4. The zero-order chi connectivity index (χ0) is 20.8. The lowest BCUT2D eigenvalue weighted by atomic mass is 10.1. The van der Waals surface area contributed by atoms with Crippen LogP contribution in [0.15, 0.2) is 75.4 Å². The van der Waals surface area contributed by atoms with Crippen molar-refractivity contribution in [3.05, 3.63) is 92.6 Å². The van der Waals surface area contributed by atoms with E-state index in [2.05, 4.69) is 54.1 Å². The molecule has 0 radical (unpaired) electrons. The van der Waals surface area contributed by atoms with Gasteiger partial charge in [0, 0.05) is 16.2 Å². The van der Waals surface area contributed by atoms with Crippen LogP contribution >= 0.6 is 31.9 Å². The molecule has 2 aromatic carbocycles. The lowest BCUT2D eigenvalue weighted by molar-refractivity contribution is 0.0948. The summed E-state index contributed by atoms with van der Waals surface area (Å²) in [5.41, 5.74) is 4.97. The number of halogens is 2. The summed E-state index contributed by atoms with van der Waals surface area (Å²) in [6.45, 7) is 4.20. The predicted octanol–water partition coefficient (Wildman–Crippen LogP) is 4.65. The summed E-state index contributed by atoms with van der Waals surface area (Å²) in [5.74, 6) is -0.338. The standard InChI is InChI=1S/C21H18Br2N4O2/c1-2-4-15-5-3-6-16(20(15)28)11-24-25-21(29)19-18(23)13-27(26-19)12-14-7-9-17(22)10-8-14/h2-3,5-11,13,28H,1,4,12H2,(H,25,29)/b24-11+. The molecule has 0 spiro atoms. The fourth-order valence-electron chi connectivity index (χ4n) is 2.66. The Morgan fingerprint density at radius 2 is 2.00 bits per heavy atom. The Balaban J connectivity index is 1.67. The first kappa shape index (κ1) is 21.0. The zero-order valence-electron chi connectivity index (χ0n) is 15.3. The molecule has 8 heteroatoms. The number of hydrogen-bond donors (Lipinski definition) is 2. The number of aromatic hydroxyl groups is 1. The molecule has 0 aliphatic heterocycles. The second-order valence-corrected chi connectivity index (χ2v) is 7.97. The number of hydrogen-bond acceptors (Lipinski definition) is 4. The molecule has 2 N–H and O–H groups in total. The van der Waals surface area contributed by atoms with Gasteiger partial charge in [0.25, 0.3) is 5.91 Å². The van der Waals surface area contributed by atoms with E-state index in [9.17, 15) is 9.90 Å². The van der Waals surface area contributed by atoms with Gasteiger partial charge in [0.2, 0.25) is 0 Å². The van der Waals surface area contributed by atoms with Gasteiger partial charge in [-0.05, 0) is 51.7 Å². The van der Waals surface area contributed by atoms with Crippen LogP contribution in [-0.4, -0.2) is 27.0 Å². The van der Waals surface area contributed by atoms with Crippen molar-refractivity contribution in [1.82, 2.24) is 15.2 Å². The second-order valence-electron chi connectivity index (χ2n) is 6.20. The quantitative estimate of drug-likeness (QED) is 0.272. The van der Waals surface area contributed by atoms with E-state index in [4.69, 9.17) is 0 Å². The van der Waals surface area contributed by atoms with Gasteiger partial charge in [0.1, 0.15) is 5.75 Å². The first-order valence-corrected chi connectivity index (χ1v) is 10.3. The number of nitrogens with one attached hydrogen (secondary N) is 1. The number of carbonyl (C=O) groups is 1. The number of rotatable bonds is 7. The van der Waals surface area contributed by atoms with Crippen LogP contribution in [0.1, 0.15) is 27.2 Å². The normalized spacial score (nSPS) is 11.0. The largest absolute Gasteiger partial charge is 0.507 e. The number of benzene rings is 2. The van der Waals surface area contributed by atoms with Gasteiger partial charge in [-0.1, -0.05) is 46.3 Å². The molecule has 0 aliphatic rings. The molecule has 1 amide bonds. The first-order valence-electron chi connectivity index (χ1n) is 8.70. The number of hydrazone groups is 1. The number of phenols is 1. The molecule has 3 aromatic rings. The summed E-state index contributed by atoms with van der Waals surface area (Å²) < 4.78 is 3.25. The van der Waals surface area contributed by atoms with Crippen LogP contribution in [-0.2, 0) is 13.0 Å². The monoisotopic (exact) mass is 516 g/mol. The molecule has 0 saturated heterocycles. The summed E-state index contributed by atoms with van der Waals surface area (Å²) >= 11 is 6.77. The third kappa shape index (κ3) is 5.42. The Bertz CT molecular complexity index is 1060. The molecule has 0 atom stereocenters. The van der Waals surface area contributed by atoms with Crippen LogP contribution in [0.3, 0.4) is 0 Å². The number of aromatic nitrogens is 2. The molecule has 1 heterocycles. The Kier molecular flexibility index (Phi) is 7.00. The van der Waals surface area contributed by atoms with E-state index in [0.29, 0.717) is 23.0 Å². The minimum Gasteiger partial charge on any atom is -0.507 e. The van der Waals surface area contributed by atoms with E-state index in [1.54, 1.807) is 23.0 Å². The summed E-state index contributed by atoms with van der Waals surface area (Å²) in [6.07, 6.45) is 5.39. The average Bonchev–Trinajstić information content (AvgIpc) is 3.07. The summed E-state index contributed by atoms with van der Waals surface area (Å²) in [6, 6.07) is 13.2.